The number of anilines is 1. The maximum Gasteiger partial charge on any atom is 0.256 e. The standard InChI is InChI=1S/C31H20BrNO/c32-29-18-17-27(24-13-5-6-14-25(24)29)31(34)33-30-16-8-7-15-26(30)28-19-20-9-1-2-10-21(20)22-11-3-4-12-23(22)28/h1-19H,(H,33,34). The maximum absolute atomic E-state index is 13.5. The predicted molar refractivity (Wildman–Crippen MR) is 146 cm³/mol. The molecule has 0 spiro atoms. The number of hydrogen-bond acceptors (Lipinski definition) is 1. The number of benzene rings is 6. The Bertz CT molecular complexity index is 1720. The molecule has 6 rings (SSSR count). The molecule has 6 aromatic rings. The first-order chi connectivity index (χ1) is 16.7. The van der Waals surface area contributed by atoms with E-state index in [2.05, 4.69) is 81.9 Å². The molecule has 0 saturated heterocycles. The van der Waals surface area contributed by atoms with Crippen LogP contribution in [-0.4, -0.2) is 5.91 Å². The molecule has 0 aliphatic heterocycles. The minimum absolute atomic E-state index is 0.124. The molecule has 0 atom stereocenters. The van der Waals surface area contributed by atoms with E-state index in [0.29, 0.717) is 5.56 Å². The first-order valence-corrected chi connectivity index (χ1v) is 12.0. The Morgan fingerprint density at radius 3 is 2.00 bits per heavy atom. The molecule has 0 fully saturated rings. The Hall–Kier alpha value is -3.95. The number of carbonyl (C=O) groups is 1. The minimum atomic E-state index is -0.124. The van der Waals surface area contributed by atoms with E-state index in [4.69, 9.17) is 0 Å². The van der Waals surface area contributed by atoms with Gasteiger partial charge in [0, 0.05) is 21.3 Å². The second-order valence-corrected chi connectivity index (χ2v) is 9.19. The number of amides is 1. The average Bonchev–Trinajstić information content (AvgIpc) is 2.89. The SMILES string of the molecule is O=C(Nc1ccccc1-c1cc2ccccc2c2ccccc12)c1ccc(Br)c2ccccc12. The minimum Gasteiger partial charge on any atom is -0.321 e. The van der Waals surface area contributed by atoms with E-state index in [1.807, 2.05) is 54.6 Å². The topological polar surface area (TPSA) is 29.1 Å². The molecule has 3 heteroatoms. The van der Waals surface area contributed by atoms with Crippen LogP contribution in [0.1, 0.15) is 10.4 Å². The van der Waals surface area contributed by atoms with Gasteiger partial charge in [0.1, 0.15) is 0 Å². The molecule has 1 amide bonds. The fraction of sp³-hybridized carbons (Fsp3) is 0. The molecular formula is C31H20BrNO. The normalized spacial score (nSPS) is 11.2. The van der Waals surface area contributed by atoms with Crippen molar-refractivity contribution in [3.8, 4) is 11.1 Å². The molecule has 1 N–H and O–H groups in total. The molecule has 0 unspecified atom stereocenters. The molecule has 0 radical (unpaired) electrons. The second-order valence-electron chi connectivity index (χ2n) is 8.33. The van der Waals surface area contributed by atoms with Crippen LogP contribution in [0.25, 0.3) is 43.4 Å². The van der Waals surface area contributed by atoms with E-state index in [1.54, 1.807) is 0 Å². The van der Waals surface area contributed by atoms with E-state index in [1.165, 1.54) is 16.2 Å². The predicted octanol–water partition coefficient (Wildman–Crippen LogP) is 8.83. The number of fused-ring (bicyclic) bond motifs is 4. The van der Waals surface area contributed by atoms with Crippen molar-refractivity contribution in [2.75, 3.05) is 5.32 Å². The third-order valence-corrected chi connectivity index (χ3v) is 7.04. The van der Waals surface area contributed by atoms with Gasteiger partial charge in [-0.05, 0) is 62.1 Å². The van der Waals surface area contributed by atoms with Crippen molar-refractivity contribution in [2.24, 2.45) is 0 Å². The van der Waals surface area contributed by atoms with Gasteiger partial charge < -0.3 is 5.32 Å². The summed E-state index contributed by atoms with van der Waals surface area (Å²) in [6.07, 6.45) is 0. The Kier molecular flexibility index (Phi) is 5.12. The van der Waals surface area contributed by atoms with E-state index >= 15 is 0 Å². The number of halogens is 1. The quantitative estimate of drug-likeness (QED) is 0.241. The lowest BCUT2D eigenvalue weighted by molar-refractivity contribution is 0.102. The molecule has 0 aliphatic rings. The van der Waals surface area contributed by atoms with E-state index in [0.717, 1.165) is 37.4 Å². The van der Waals surface area contributed by atoms with Gasteiger partial charge in [-0.1, -0.05) is 107 Å². The molecule has 2 nitrogen and oxygen atoms in total. The summed E-state index contributed by atoms with van der Waals surface area (Å²) in [4.78, 5) is 13.5. The number of hydrogen-bond donors (Lipinski definition) is 1. The zero-order valence-electron chi connectivity index (χ0n) is 18.3. The monoisotopic (exact) mass is 501 g/mol. The van der Waals surface area contributed by atoms with Crippen molar-refractivity contribution in [3.05, 3.63) is 125 Å². The molecular weight excluding hydrogens is 482 g/mol. The third-order valence-electron chi connectivity index (χ3n) is 6.35. The lowest BCUT2D eigenvalue weighted by Gasteiger charge is -2.16. The summed E-state index contributed by atoms with van der Waals surface area (Å²) in [6, 6.07) is 38.9. The van der Waals surface area contributed by atoms with Gasteiger partial charge in [0.15, 0.2) is 0 Å². The van der Waals surface area contributed by atoms with E-state index < -0.39 is 0 Å². The van der Waals surface area contributed by atoms with Gasteiger partial charge in [-0.2, -0.15) is 0 Å². The van der Waals surface area contributed by atoms with Gasteiger partial charge in [-0.25, -0.2) is 0 Å². The van der Waals surface area contributed by atoms with Gasteiger partial charge in [0.25, 0.3) is 5.91 Å². The van der Waals surface area contributed by atoms with E-state index in [-0.39, 0.29) is 5.91 Å². The van der Waals surface area contributed by atoms with Crippen LogP contribution in [0.5, 0.6) is 0 Å². The van der Waals surface area contributed by atoms with Gasteiger partial charge in [-0.15, -0.1) is 0 Å². The van der Waals surface area contributed by atoms with Gasteiger partial charge >= 0.3 is 0 Å². The maximum atomic E-state index is 13.5. The summed E-state index contributed by atoms with van der Waals surface area (Å²) in [6.45, 7) is 0. The zero-order chi connectivity index (χ0) is 23.1. The average molecular weight is 502 g/mol. The zero-order valence-corrected chi connectivity index (χ0v) is 19.8. The molecule has 6 aromatic carbocycles. The molecule has 0 aromatic heterocycles. The van der Waals surface area contributed by atoms with Crippen LogP contribution in [0, 0.1) is 0 Å². The van der Waals surface area contributed by atoms with Crippen LogP contribution in [-0.2, 0) is 0 Å². The van der Waals surface area contributed by atoms with E-state index in [9.17, 15) is 4.79 Å². The van der Waals surface area contributed by atoms with Crippen LogP contribution in [0.15, 0.2) is 120 Å². The summed E-state index contributed by atoms with van der Waals surface area (Å²) >= 11 is 3.60. The third kappa shape index (κ3) is 3.46. The van der Waals surface area contributed by atoms with Crippen molar-refractivity contribution in [1.29, 1.82) is 0 Å². The number of nitrogens with one attached hydrogen (secondary N) is 1. The Labute approximate surface area is 206 Å². The fourth-order valence-electron chi connectivity index (χ4n) is 4.75. The van der Waals surface area contributed by atoms with Crippen LogP contribution < -0.4 is 5.32 Å². The van der Waals surface area contributed by atoms with Crippen molar-refractivity contribution >= 4 is 59.8 Å². The van der Waals surface area contributed by atoms with Crippen LogP contribution in [0.4, 0.5) is 5.69 Å². The van der Waals surface area contributed by atoms with Crippen molar-refractivity contribution in [1.82, 2.24) is 0 Å². The molecule has 162 valence electrons. The van der Waals surface area contributed by atoms with Crippen molar-refractivity contribution in [3.63, 3.8) is 0 Å². The first-order valence-electron chi connectivity index (χ1n) is 11.2. The lowest BCUT2D eigenvalue weighted by Crippen LogP contribution is -2.13. The summed E-state index contributed by atoms with van der Waals surface area (Å²) in [7, 11) is 0. The second kappa shape index (κ2) is 8.44. The Morgan fingerprint density at radius 2 is 1.18 bits per heavy atom. The van der Waals surface area contributed by atoms with Crippen LogP contribution in [0.3, 0.4) is 0 Å². The fourth-order valence-corrected chi connectivity index (χ4v) is 5.23. The highest BCUT2D eigenvalue weighted by Gasteiger charge is 2.16. The Morgan fingerprint density at radius 1 is 0.559 bits per heavy atom. The molecule has 0 saturated carbocycles. The first kappa shape index (κ1) is 20.6. The van der Waals surface area contributed by atoms with Crippen LogP contribution >= 0.6 is 15.9 Å². The highest BCUT2D eigenvalue weighted by atomic mass is 79.9. The number of para-hydroxylation sites is 1. The molecule has 0 heterocycles. The lowest BCUT2D eigenvalue weighted by atomic mass is 9.92. The molecule has 0 aliphatic carbocycles. The summed E-state index contributed by atoms with van der Waals surface area (Å²) in [5.74, 6) is -0.124. The van der Waals surface area contributed by atoms with Gasteiger partial charge in [0.05, 0.1) is 0 Å². The summed E-state index contributed by atoms with van der Waals surface area (Å²) < 4.78 is 0.975. The largest absolute Gasteiger partial charge is 0.321 e. The number of carbonyl (C=O) groups excluding carboxylic acids is 1. The van der Waals surface area contributed by atoms with Crippen LogP contribution in [0.2, 0.25) is 0 Å². The van der Waals surface area contributed by atoms with Gasteiger partial charge in [0.2, 0.25) is 0 Å². The Balaban J connectivity index is 1.50. The smallest absolute Gasteiger partial charge is 0.256 e. The summed E-state index contributed by atoms with van der Waals surface area (Å²) in [5.41, 5.74) is 3.54. The van der Waals surface area contributed by atoms with Crippen molar-refractivity contribution in [2.45, 2.75) is 0 Å². The molecule has 0 bridgehead atoms. The highest BCUT2D eigenvalue weighted by molar-refractivity contribution is 9.10. The van der Waals surface area contributed by atoms with Gasteiger partial charge in [-0.3, -0.25) is 4.79 Å². The summed E-state index contributed by atoms with van der Waals surface area (Å²) in [5, 5.41) is 9.90. The number of rotatable bonds is 3. The van der Waals surface area contributed by atoms with Crippen molar-refractivity contribution < 1.29 is 4.79 Å². The highest BCUT2D eigenvalue weighted by Crippen LogP contribution is 2.38. The molecule has 34 heavy (non-hydrogen) atoms.